The Morgan fingerprint density at radius 1 is 1.09 bits per heavy atom. The molecule has 1 unspecified atom stereocenters. The van der Waals surface area contributed by atoms with E-state index < -0.39 is 0 Å². The molecule has 0 bridgehead atoms. The van der Waals surface area contributed by atoms with Crippen LogP contribution in [0.5, 0.6) is 0 Å². The van der Waals surface area contributed by atoms with Gasteiger partial charge in [-0.25, -0.2) is 4.68 Å². The molecular formula is C26H26Cl2N4O. The summed E-state index contributed by atoms with van der Waals surface area (Å²) in [5.41, 5.74) is 2.84. The third kappa shape index (κ3) is 3.28. The Morgan fingerprint density at radius 3 is 2.64 bits per heavy atom. The molecule has 6 rings (SSSR count). The Morgan fingerprint density at radius 2 is 1.88 bits per heavy atom. The van der Waals surface area contributed by atoms with Gasteiger partial charge in [-0.1, -0.05) is 59.6 Å². The smallest absolute Gasteiger partial charge is 0.259 e. The zero-order valence-electron chi connectivity index (χ0n) is 18.7. The van der Waals surface area contributed by atoms with Gasteiger partial charge in [0, 0.05) is 18.5 Å². The summed E-state index contributed by atoms with van der Waals surface area (Å²) in [7, 11) is 0. The quantitative estimate of drug-likeness (QED) is 0.507. The van der Waals surface area contributed by atoms with Crippen molar-refractivity contribution >= 4 is 34.9 Å². The number of carbonyl (C=O) groups excluding carboxylic acids is 1. The van der Waals surface area contributed by atoms with Crippen molar-refractivity contribution in [1.82, 2.24) is 14.7 Å². The molecule has 2 fully saturated rings. The van der Waals surface area contributed by atoms with E-state index in [1.54, 1.807) is 6.20 Å². The summed E-state index contributed by atoms with van der Waals surface area (Å²) in [6, 6.07) is 16.4. The zero-order valence-corrected chi connectivity index (χ0v) is 20.2. The molecule has 3 aliphatic rings. The molecule has 1 aliphatic carbocycles. The maximum atomic E-state index is 13.7. The molecule has 1 saturated carbocycles. The van der Waals surface area contributed by atoms with Crippen molar-refractivity contribution in [2.24, 2.45) is 5.92 Å². The topological polar surface area (TPSA) is 50.2 Å². The van der Waals surface area contributed by atoms with Gasteiger partial charge in [0.15, 0.2) is 0 Å². The molecule has 2 aliphatic heterocycles. The zero-order chi connectivity index (χ0) is 23.0. The number of rotatable bonds is 3. The van der Waals surface area contributed by atoms with E-state index in [-0.39, 0.29) is 22.9 Å². The standard InChI is InChI=1S/C26H26Cl2N4O/c1-25(2)12-22(16-6-4-3-5-7-16)30-23-19(13-29-32(23)25)24(33)31-14-18-11-26(18,15-31)17-8-9-20(27)21(28)10-17/h3-10,13,18,22,30H,11-12,14-15H2,1-2H3/t18?,22-,26-/m1/s1. The van der Waals surface area contributed by atoms with E-state index in [0.717, 1.165) is 25.2 Å². The normalized spacial score (nSPS) is 27.0. The Labute approximate surface area is 203 Å². The predicted molar refractivity (Wildman–Crippen MR) is 131 cm³/mol. The van der Waals surface area contributed by atoms with Crippen LogP contribution in [0.25, 0.3) is 0 Å². The van der Waals surface area contributed by atoms with Gasteiger partial charge in [-0.3, -0.25) is 4.79 Å². The summed E-state index contributed by atoms with van der Waals surface area (Å²) in [6.45, 7) is 5.82. The monoisotopic (exact) mass is 480 g/mol. The highest BCUT2D eigenvalue weighted by molar-refractivity contribution is 6.42. The van der Waals surface area contributed by atoms with Crippen LogP contribution in [0.15, 0.2) is 54.7 Å². The van der Waals surface area contributed by atoms with Crippen LogP contribution in [-0.4, -0.2) is 33.7 Å². The van der Waals surface area contributed by atoms with E-state index in [0.29, 0.717) is 28.1 Å². The van der Waals surface area contributed by atoms with E-state index in [4.69, 9.17) is 23.2 Å². The number of anilines is 1. The van der Waals surface area contributed by atoms with E-state index in [1.165, 1.54) is 11.1 Å². The number of aromatic nitrogens is 2. The van der Waals surface area contributed by atoms with Crippen molar-refractivity contribution in [2.45, 2.75) is 43.7 Å². The second-order valence-electron chi connectivity index (χ2n) is 10.3. The molecule has 1 amide bonds. The summed E-state index contributed by atoms with van der Waals surface area (Å²) in [5.74, 6) is 1.32. The van der Waals surface area contributed by atoms with E-state index in [9.17, 15) is 4.79 Å². The number of benzene rings is 2. The first-order chi connectivity index (χ1) is 15.8. The van der Waals surface area contributed by atoms with E-state index in [2.05, 4.69) is 54.6 Å². The fourth-order valence-corrected chi connectivity index (χ4v) is 6.15. The number of fused-ring (bicyclic) bond motifs is 2. The molecule has 3 heterocycles. The van der Waals surface area contributed by atoms with Crippen molar-refractivity contribution in [2.75, 3.05) is 18.4 Å². The van der Waals surface area contributed by atoms with Crippen LogP contribution in [0.2, 0.25) is 10.0 Å². The number of likely N-dealkylation sites (tertiary alicyclic amines) is 1. The molecule has 1 N–H and O–H groups in total. The number of carbonyl (C=O) groups is 1. The average molecular weight is 481 g/mol. The summed E-state index contributed by atoms with van der Waals surface area (Å²) >= 11 is 12.4. The fourth-order valence-electron chi connectivity index (χ4n) is 5.85. The molecule has 33 heavy (non-hydrogen) atoms. The third-order valence-electron chi connectivity index (χ3n) is 7.72. The molecular weight excluding hydrogens is 455 g/mol. The lowest BCUT2D eigenvalue weighted by Crippen LogP contribution is -2.39. The van der Waals surface area contributed by atoms with Crippen molar-refractivity contribution in [3.8, 4) is 0 Å². The van der Waals surface area contributed by atoms with Crippen LogP contribution in [0.4, 0.5) is 5.82 Å². The van der Waals surface area contributed by atoms with E-state index >= 15 is 0 Å². The molecule has 3 aromatic rings. The van der Waals surface area contributed by atoms with Gasteiger partial charge in [-0.15, -0.1) is 0 Å². The summed E-state index contributed by atoms with van der Waals surface area (Å²) < 4.78 is 1.98. The van der Waals surface area contributed by atoms with Gasteiger partial charge in [-0.05, 0) is 55.9 Å². The Kier molecular flexibility index (Phi) is 4.63. The number of nitrogens with zero attached hydrogens (tertiary/aromatic N) is 3. The van der Waals surface area contributed by atoms with Gasteiger partial charge in [0.05, 0.1) is 27.8 Å². The minimum atomic E-state index is -0.200. The summed E-state index contributed by atoms with van der Waals surface area (Å²) in [6.07, 6.45) is 3.71. The van der Waals surface area contributed by atoms with Crippen molar-refractivity contribution in [1.29, 1.82) is 0 Å². The molecule has 0 spiro atoms. The van der Waals surface area contributed by atoms with E-state index in [1.807, 2.05) is 27.8 Å². The lowest BCUT2D eigenvalue weighted by Gasteiger charge is -2.38. The van der Waals surface area contributed by atoms with Crippen LogP contribution in [-0.2, 0) is 11.0 Å². The number of piperidine rings is 1. The van der Waals surface area contributed by atoms with Gasteiger partial charge in [-0.2, -0.15) is 5.10 Å². The van der Waals surface area contributed by atoms with Crippen LogP contribution < -0.4 is 5.32 Å². The fraction of sp³-hybridized carbons (Fsp3) is 0.385. The van der Waals surface area contributed by atoms with Gasteiger partial charge in [0.25, 0.3) is 5.91 Å². The third-order valence-corrected chi connectivity index (χ3v) is 8.46. The number of hydrogen-bond acceptors (Lipinski definition) is 3. The minimum absolute atomic E-state index is 0.00358. The first-order valence-electron chi connectivity index (χ1n) is 11.4. The maximum Gasteiger partial charge on any atom is 0.259 e. The highest BCUT2D eigenvalue weighted by Crippen LogP contribution is 2.59. The molecule has 1 aromatic heterocycles. The Balaban J connectivity index is 1.28. The first kappa shape index (κ1) is 21.1. The number of hydrogen-bond donors (Lipinski definition) is 1. The lowest BCUT2D eigenvalue weighted by molar-refractivity contribution is 0.0772. The highest BCUT2D eigenvalue weighted by Gasteiger charge is 2.62. The van der Waals surface area contributed by atoms with Gasteiger partial charge in [0.1, 0.15) is 11.4 Å². The number of nitrogens with one attached hydrogen (secondary N) is 1. The van der Waals surface area contributed by atoms with Crippen LogP contribution in [0, 0.1) is 5.92 Å². The number of halogens is 2. The summed E-state index contributed by atoms with van der Waals surface area (Å²) in [5, 5.41) is 9.39. The van der Waals surface area contributed by atoms with Crippen LogP contribution in [0.3, 0.4) is 0 Å². The van der Waals surface area contributed by atoms with Gasteiger partial charge >= 0.3 is 0 Å². The Hall–Kier alpha value is -2.50. The molecule has 2 aromatic carbocycles. The minimum Gasteiger partial charge on any atom is -0.363 e. The van der Waals surface area contributed by atoms with Crippen molar-refractivity contribution < 1.29 is 4.79 Å². The van der Waals surface area contributed by atoms with Crippen molar-refractivity contribution in [3.63, 3.8) is 0 Å². The number of amides is 1. The lowest BCUT2D eigenvalue weighted by atomic mass is 9.89. The molecule has 7 heteroatoms. The largest absolute Gasteiger partial charge is 0.363 e. The highest BCUT2D eigenvalue weighted by atomic mass is 35.5. The van der Waals surface area contributed by atoms with Crippen LogP contribution in [0.1, 0.15) is 54.2 Å². The Bertz CT molecular complexity index is 1250. The molecule has 0 radical (unpaired) electrons. The second kappa shape index (κ2) is 7.25. The average Bonchev–Trinajstić information content (AvgIpc) is 3.14. The molecule has 5 nitrogen and oxygen atoms in total. The van der Waals surface area contributed by atoms with Crippen LogP contribution >= 0.6 is 23.2 Å². The van der Waals surface area contributed by atoms with Gasteiger partial charge < -0.3 is 10.2 Å². The summed E-state index contributed by atoms with van der Waals surface area (Å²) in [4.78, 5) is 15.7. The molecule has 1 saturated heterocycles. The molecule has 170 valence electrons. The van der Waals surface area contributed by atoms with Crippen molar-refractivity contribution in [3.05, 3.63) is 81.5 Å². The van der Waals surface area contributed by atoms with Gasteiger partial charge in [0.2, 0.25) is 0 Å². The first-order valence-corrected chi connectivity index (χ1v) is 12.2. The molecule has 3 atom stereocenters. The second-order valence-corrected chi connectivity index (χ2v) is 11.1. The maximum absolute atomic E-state index is 13.7. The predicted octanol–water partition coefficient (Wildman–Crippen LogP) is 5.90. The SMILES string of the molecule is CC1(C)C[C@H](c2ccccc2)Nc2c(C(=O)N3CC4C[C@]4(c4ccc(Cl)c(Cl)c4)C3)cnn21.